The normalized spacial score (nSPS) is 10.0. The maximum absolute atomic E-state index is 5.48. The van der Waals surface area contributed by atoms with E-state index in [0.717, 1.165) is 16.3 Å². The SMILES string of the molecule is CCSc1cc(CN)ccn1. The van der Waals surface area contributed by atoms with Gasteiger partial charge in [0, 0.05) is 12.7 Å². The maximum atomic E-state index is 5.48. The molecule has 1 aromatic heterocycles. The van der Waals surface area contributed by atoms with Gasteiger partial charge in [0.25, 0.3) is 0 Å². The first-order valence-electron chi connectivity index (χ1n) is 3.64. The van der Waals surface area contributed by atoms with Gasteiger partial charge in [-0.1, -0.05) is 6.92 Å². The Labute approximate surface area is 71.2 Å². The lowest BCUT2D eigenvalue weighted by atomic mass is 10.3. The summed E-state index contributed by atoms with van der Waals surface area (Å²) < 4.78 is 0. The Balaban J connectivity index is 2.74. The third kappa shape index (κ3) is 2.52. The number of thioether (sulfide) groups is 1. The highest BCUT2D eigenvalue weighted by Gasteiger charge is 1.93. The van der Waals surface area contributed by atoms with Crippen molar-refractivity contribution >= 4 is 11.8 Å². The Morgan fingerprint density at radius 1 is 1.64 bits per heavy atom. The molecule has 0 atom stereocenters. The number of nitrogens with zero attached hydrogens (tertiary/aromatic N) is 1. The molecule has 0 aliphatic carbocycles. The summed E-state index contributed by atoms with van der Waals surface area (Å²) in [4.78, 5) is 4.18. The molecule has 0 radical (unpaired) electrons. The molecule has 0 aliphatic rings. The van der Waals surface area contributed by atoms with Crippen LogP contribution in [-0.4, -0.2) is 10.7 Å². The minimum Gasteiger partial charge on any atom is -0.326 e. The first-order chi connectivity index (χ1) is 5.36. The van der Waals surface area contributed by atoms with Crippen LogP contribution in [0.5, 0.6) is 0 Å². The second kappa shape index (κ2) is 4.36. The molecule has 0 saturated carbocycles. The lowest BCUT2D eigenvalue weighted by molar-refractivity contribution is 1.02. The van der Waals surface area contributed by atoms with E-state index in [1.54, 1.807) is 18.0 Å². The fourth-order valence-corrected chi connectivity index (χ4v) is 1.47. The Kier molecular flexibility index (Phi) is 3.39. The van der Waals surface area contributed by atoms with Gasteiger partial charge in [-0.3, -0.25) is 0 Å². The van der Waals surface area contributed by atoms with Crippen molar-refractivity contribution in [3.05, 3.63) is 23.9 Å². The first kappa shape index (κ1) is 8.56. The van der Waals surface area contributed by atoms with Crippen molar-refractivity contribution in [1.82, 2.24) is 4.98 Å². The summed E-state index contributed by atoms with van der Waals surface area (Å²) in [6.45, 7) is 2.71. The van der Waals surface area contributed by atoms with E-state index < -0.39 is 0 Å². The van der Waals surface area contributed by atoms with Gasteiger partial charge < -0.3 is 5.73 Å². The molecule has 0 aliphatic heterocycles. The van der Waals surface area contributed by atoms with E-state index in [1.807, 2.05) is 12.1 Å². The molecule has 1 rings (SSSR count). The molecule has 2 N–H and O–H groups in total. The van der Waals surface area contributed by atoms with Crippen molar-refractivity contribution in [1.29, 1.82) is 0 Å². The minimum absolute atomic E-state index is 0.597. The number of nitrogens with two attached hydrogens (primary N) is 1. The van der Waals surface area contributed by atoms with Crippen molar-refractivity contribution in [2.75, 3.05) is 5.75 Å². The molecular formula is C8H12N2S. The van der Waals surface area contributed by atoms with Crippen molar-refractivity contribution in [2.24, 2.45) is 5.73 Å². The van der Waals surface area contributed by atoms with Crippen molar-refractivity contribution < 1.29 is 0 Å². The highest BCUT2D eigenvalue weighted by Crippen LogP contribution is 2.14. The van der Waals surface area contributed by atoms with Gasteiger partial charge >= 0.3 is 0 Å². The quantitative estimate of drug-likeness (QED) is 0.697. The van der Waals surface area contributed by atoms with Gasteiger partial charge in [0.1, 0.15) is 0 Å². The summed E-state index contributed by atoms with van der Waals surface area (Å²) in [5.74, 6) is 1.06. The van der Waals surface area contributed by atoms with E-state index in [4.69, 9.17) is 5.73 Å². The average molecular weight is 168 g/mol. The Bertz CT molecular complexity index is 225. The molecule has 3 heteroatoms. The van der Waals surface area contributed by atoms with Crippen LogP contribution in [0.25, 0.3) is 0 Å². The fraction of sp³-hybridized carbons (Fsp3) is 0.375. The van der Waals surface area contributed by atoms with Crippen LogP contribution in [0.1, 0.15) is 12.5 Å². The van der Waals surface area contributed by atoms with Gasteiger partial charge in [0.05, 0.1) is 5.03 Å². The molecule has 2 nitrogen and oxygen atoms in total. The number of hydrogen-bond acceptors (Lipinski definition) is 3. The van der Waals surface area contributed by atoms with E-state index in [0.29, 0.717) is 6.54 Å². The Morgan fingerprint density at radius 3 is 3.09 bits per heavy atom. The summed E-state index contributed by atoms with van der Waals surface area (Å²) in [7, 11) is 0. The molecule has 1 aromatic rings. The minimum atomic E-state index is 0.597. The smallest absolute Gasteiger partial charge is 0.0962 e. The molecule has 0 fully saturated rings. The highest BCUT2D eigenvalue weighted by molar-refractivity contribution is 7.99. The molecule has 1 heterocycles. The van der Waals surface area contributed by atoms with Gasteiger partial charge in [-0.15, -0.1) is 11.8 Å². The fourth-order valence-electron chi connectivity index (χ4n) is 0.804. The third-order valence-corrected chi connectivity index (χ3v) is 2.13. The van der Waals surface area contributed by atoms with Crippen LogP contribution in [-0.2, 0) is 6.54 Å². The molecule has 0 saturated heterocycles. The van der Waals surface area contributed by atoms with Crippen LogP contribution in [0.15, 0.2) is 23.4 Å². The van der Waals surface area contributed by atoms with Crippen molar-refractivity contribution in [2.45, 2.75) is 18.5 Å². The summed E-state index contributed by atoms with van der Waals surface area (Å²) >= 11 is 1.74. The van der Waals surface area contributed by atoms with Gasteiger partial charge in [-0.25, -0.2) is 4.98 Å². The zero-order valence-electron chi connectivity index (χ0n) is 6.58. The lowest BCUT2D eigenvalue weighted by Gasteiger charge is -1.99. The molecule has 0 bridgehead atoms. The Morgan fingerprint density at radius 2 is 2.45 bits per heavy atom. The summed E-state index contributed by atoms with van der Waals surface area (Å²) in [5.41, 5.74) is 6.63. The molecule has 0 amide bonds. The van der Waals surface area contributed by atoms with E-state index in [9.17, 15) is 0 Å². The maximum Gasteiger partial charge on any atom is 0.0962 e. The average Bonchev–Trinajstić information content (AvgIpc) is 2.06. The molecule has 0 aromatic carbocycles. The van der Waals surface area contributed by atoms with Crippen LogP contribution in [0, 0.1) is 0 Å². The standard InChI is InChI=1S/C8H12N2S/c1-2-11-8-5-7(6-9)3-4-10-8/h3-5H,2,6,9H2,1H3. The van der Waals surface area contributed by atoms with E-state index >= 15 is 0 Å². The largest absolute Gasteiger partial charge is 0.326 e. The number of pyridine rings is 1. The van der Waals surface area contributed by atoms with Gasteiger partial charge in [-0.05, 0) is 23.4 Å². The second-order valence-corrected chi connectivity index (χ2v) is 3.42. The lowest BCUT2D eigenvalue weighted by Crippen LogP contribution is -1.96. The highest BCUT2D eigenvalue weighted by atomic mass is 32.2. The summed E-state index contributed by atoms with van der Waals surface area (Å²) in [6, 6.07) is 3.98. The van der Waals surface area contributed by atoms with Crippen molar-refractivity contribution in [3.63, 3.8) is 0 Å². The number of aromatic nitrogens is 1. The van der Waals surface area contributed by atoms with E-state index in [1.165, 1.54) is 0 Å². The van der Waals surface area contributed by atoms with E-state index in [2.05, 4.69) is 11.9 Å². The van der Waals surface area contributed by atoms with E-state index in [-0.39, 0.29) is 0 Å². The predicted molar refractivity (Wildman–Crippen MR) is 48.5 cm³/mol. The van der Waals surface area contributed by atoms with Crippen LogP contribution >= 0.6 is 11.8 Å². The van der Waals surface area contributed by atoms with Crippen LogP contribution in [0.4, 0.5) is 0 Å². The monoisotopic (exact) mass is 168 g/mol. The first-order valence-corrected chi connectivity index (χ1v) is 4.63. The predicted octanol–water partition coefficient (Wildman–Crippen LogP) is 1.65. The molecule has 11 heavy (non-hydrogen) atoms. The van der Waals surface area contributed by atoms with Crippen LogP contribution < -0.4 is 5.73 Å². The molecular weight excluding hydrogens is 156 g/mol. The zero-order valence-corrected chi connectivity index (χ0v) is 7.40. The van der Waals surface area contributed by atoms with Gasteiger partial charge in [-0.2, -0.15) is 0 Å². The molecule has 0 unspecified atom stereocenters. The number of hydrogen-bond donors (Lipinski definition) is 1. The van der Waals surface area contributed by atoms with Gasteiger partial charge in [0.2, 0.25) is 0 Å². The van der Waals surface area contributed by atoms with Crippen molar-refractivity contribution in [3.8, 4) is 0 Å². The van der Waals surface area contributed by atoms with Crippen LogP contribution in [0.2, 0.25) is 0 Å². The zero-order chi connectivity index (χ0) is 8.10. The second-order valence-electron chi connectivity index (χ2n) is 2.14. The third-order valence-electron chi connectivity index (χ3n) is 1.33. The Hall–Kier alpha value is -0.540. The molecule has 60 valence electrons. The summed E-state index contributed by atoms with van der Waals surface area (Å²) in [5, 5.41) is 1.07. The van der Waals surface area contributed by atoms with Crippen LogP contribution in [0.3, 0.4) is 0 Å². The molecule has 0 spiro atoms. The number of rotatable bonds is 3. The summed E-state index contributed by atoms with van der Waals surface area (Å²) in [6.07, 6.45) is 1.81. The topological polar surface area (TPSA) is 38.9 Å². The van der Waals surface area contributed by atoms with Gasteiger partial charge in [0.15, 0.2) is 0 Å².